The van der Waals surface area contributed by atoms with Crippen LogP contribution in [0, 0.1) is 0 Å². The minimum absolute atomic E-state index is 0.0649. The molecule has 0 N–H and O–H groups in total. The van der Waals surface area contributed by atoms with E-state index in [0.717, 1.165) is 96.3 Å². The summed E-state index contributed by atoms with van der Waals surface area (Å²) in [5.74, 6) is -0.435. The van der Waals surface area contributed by atoms with Gasteiger partial charge >= 0.3 is 11.9 Å². The van der Waals surface area contributed by atoms with Crippen LogP contribution in [0.1, 0.15) is 239 Å². The Morgan fingerprint density at radius 2 is 0.710 bits per heavy atom. The zero-order valence-corrected chi connectivity index (χ0v) is 40.9. The van der Waals surface area contributed by atoms with E-state index in [9.17, 15) is 9.59 Å². The summed E-state index contributed by atoms with van der Waals surface area (Å²) in [7, 11) is 0. The maximum Gasteiger partial charge on any atom is 0.306 e. The topological polar surface area (TPSA) is 61.8 Å². The summed E-state index contributed by atoms with van der Waals surface area (Å²) in [6.07, 6.45) is 68.7. The summed E-state index contributed by atoms with van der Waals surface area (Å²) >= 11 is 0. The number of hydrogen-bond acceptors (Lipinski definition) is 5. The average molecular weight is 863 g/mol. The number of carbonyl (C=O) groups excluding carboxylic acids is 2. The van der Waals surface area contributed by atoms with Crippen molar-refractivity contribution in [3.8, 4) is 0 Å². The van der Waals surface area contributed by atoms with Gasteiger partial charge in [0.2, 0.25) is 0 Å². The zero-order chi connectivity index (χ0) is 44.9. The van der Waals surface area contributed by atoms with Gasteiger partial charge in [-0.3, -0.25) is 9.59 Å². The standard InChI is InChI=1S/C57H98O5/c1-4-7-10-13-16-19-22-25-27-28-29-30-31-33-35-38-41-44-47-50-56(58)61-54-55(53-60-52-49-46-43-40-37-34-26-23-20-17-14-11-8-5-2)62-57(59)51-48-45-42-39-36-32-24-21-18-15-12-9-6-3/h11-12,14-16,19-21,23-25,27,29-30,55H,4-10,13,17-18,22,26,28,31-54H2,1-3H3/b14-11-,15-12-,19-16-,23-20-,24-21-,27-25-,30-29-. The van der Waals surface area contributed by atoms with Crippen molar-refractivity contribution < 1.29 is 23.8 Å². The lowest BCUT2D eigenvalue weighted by Crippen LogP contribution is -2.30. The number of carbonyl (C=O) groups is 2. The molecule has 0 spiro atoms. The van der Waals surface area contributed by atoms with Crippen molar-refractivity contribution >= 4 is 11.9 Å². The van der Waals surface area contributed by atoms with Crippen LogP contribution in [-0.4, -0.2) is 37.9 Å². The van der Waals surface area contributed by atoms with Crippen molar-refractivity contribution in [2.45, 2.75) is 245 Å². The van der Waals surface area contributed by atoms with Gasteiger partial charge in [-0.15, -0.1) is 0 Å². The van der Waals surface area contributed by atoms with E-state index in [0.29, 0.717) is 19.4 Å². The van der Waals surface area contributed by atoms with Crippen LogP contribution in [-0.2, 0) is 23.8 Å². The van der Waals surface area contributed by atoms with Gasteiger partial charge in [0, 0.05) is 19.4 Å². The van der Waals surface area contributed by atoms with Gasteiger partial charge in [-0.1, -0.05) is 202 Å². The molecule has 5 heteroatoms. The summed E-state index contributed by atoms with van der Waals surface area (Å²) in [6.45, 7) is 7.63. The molecule has 0 aliphatic carbocycles. The Labute approximate surface area is 384 Å². The van der Waals surface area contributed by atoms with Crippen molar-refractivity contribution in [3.05, 3.63) is 85.1 Å². The SMILES string of the molecule is CCC/C=C\C/C=C\CCCCCCCCOCC(COC(=O)CCCCCCCC/C=C\C/C=C\C/C=C\CCCCC)OC(=O)CCCCCCC/C=C\C/C=C\CCC. The normalized spacial score (nSPS) is 12.9. The predicted molar refractivity (Wildman–Crippen MR) is 270 cm³/mol. The van der Waals surface area contributed by atoms with Gasteiger partial charge in [0.05, 0.1) is 6.61 Å². The van der Waals surface area contributed by atoms with Gasteiger partial charge in [-0.05, 0) is 109 Å². The van der Waals surface area contributed by atoms with Crippen LogP contribution >= 0.6 is 0 Å². The first-order valence-electron chi connectivity index (χ1n) is 26.1. The molecule has 0 bridgehead atoms. The lowest BCUT2D eigenvalue weighted by molar-refractivity contribution is -0.163. The fourth-order valence-corrected chi connectivity index (χ4v) is 6.94. The van der Waals surface area contributed by atoms with Crippen LogP contribution in [0.3, 0.4) is 0 Å². The fraction of sp³-hybridized carbons (Fsp3) is 0.719. The second-order valence-corrected chi connectivity index (χ2v) is 17.1. The number of unbranched alkanes of at least 4 members (excludes halogenated alkanes) is 22. The molecule has 0 radical (unpaired) electrons. The number of hydrogen-bond donors (Lipinski definition) is 0. The summed E-state index contributed by atoms with van der Waals surface area (Å²) in [5, 5.41) is 0. The second kappa shape index (κ2) is 52.4. The minimum Gasteiger partial charge on any atom is -0.462 e. The molecular weight excluding hydrogens is 765 g/mol. The van der Waals surface area contributed by atoms with Gasteiger partial charge in [0.1, 0.15) is 6.61 Å². The molecule has 0 amide bonds. The van der Waals surface area contributed by atoms with Crippen molar-refractivity contribution in [1.82, 2.24) is 0 Å². The number of ether oxygens (including phenoxy) is 3. The average Bonchev–Trinajstić information content (AvgIpc) is 3.27. The Morgan fingerprint density at radius 1 is 0.355 bits per heavy atom. The highest BCUT2D eigenvalue weighted by atomic mass is 16.6. The van der Waals surface area contributed by atoms with Gasteiger partial charge in [-0.2, -0.15) is 0 Å². The predicted octanol–water partition coefficient (Wildman–Crippen LogP) is 17.7. The minimum atomic E-state index is -0.558. The molecule has 0 aromatic rings. The Hall–Kier alpha value is -2.92. The molecule has 62 heavy (non-hydrogen) atoms. The maximum atomic E-state index is 12.8. The fourth-order valence-electron chi connectivity index (χ4n) is 6.94. The third-order valence-electron chi connectivity index (χ3n) is 10.8. The van der Waals surface area contributed by atoms with Crippen LogP contribution in [0.4, 0.5) is 0 Å². The van der Waals surface area contributed by atoms with E-state index in [1.165, 1.54) is 109 Å². The molecule has 0 aromatic heterocycles. The van der Waals surface area contributed by atoms with Crippen molar-refractivity contribution in [1.29, 1.82) is 0 Å². The third kappa shape index (κ3) is 49.7. The number of allylic oxidation sites excluding steroid dienone is 14. The molecule has 0 saturated carbocycles. The Balaban J connectivity index is 4.31. The quantitative estimate of drug-likeness (QED) is 0.0346. The van der Waals surface area contributed by atoms with E-state index in [2.05, 4.69) is 106 Å². The van der Waals surface area contributed by atoms with Crippen LogP contribution in [0.25, 0.3) is 0 Å². The van der Waals surface area contributed by atoms with Crippen LogP contribution in [0.5, 0.6) is 0 Å². The van der Waals surface area contributed by atoms with Crippen LogP contribution < -0.4 is 0 Å². The molecule has 5 nitrogen and oxygen atoms in total. The number of rotatable bonds is 47. The van der Waals surface area contributed by atoms with Crippen molar-refractivity contribution in [2.75, 3.05) is 19.8 Å². The third-order valence-corrected chi connectivity index (χ3v) is 10.8. The van der Waals surface area contributed by atoms with Crippen molar-refractivity contribution in [3.63, 3.8) is 0 Å². The highest BCUT2D eigenvalue weighted by molar-refractivity contribution is 5.70. The Kier molecular flexibility index (Phi) is 50.0. The van der Waals surface area contributed by atoms with Gasteiger partial charge < -0.3 is 14.2 Å². The first kappa shape index (κ1) is 59.1. The monoisotopic (exact) mass is 863 g/mol. The van der Waals surface area contributed by atoms with Crippen molar-refractivity contribution in [2.24, 2.45) is 0 Å². The summed E-state index contributed by atoms with van der Waals surface area (Å²) in [5.41, 5.74) is 0. The van der Waals surface area contributed by atoms with E-state index in [-0.39, 0.29) is 25.2 Å². The lowest BCUT2D eigenvalue weighted by atomic mass is 10.1. The molecule has 0 fully saturated rings. The Morgan fingerprint density at radius 3 is 1.15 bits per heavy atom. The molecule has 1 unspecified atom stereocenters. The molecule has 0 saturated heterocycles. The van der Waals surface area contributed by atoms with E-state index in [1.54, 1.807) is 0 Å². The highest BCUT2D eigenvalue weighted by Crippen LogP contribution is 2.13. The second-order valence-electron chi connectivity index (χ2n) is 17.1. The molecule has 0 heterocycles. The maximum absolute atomic E-state index is 12.8. The highest BCUT2D eigenvalue weighted by Gasteiger charge is 2.17. The molecule has 0 aromatic carbocycles. The largest absolute Gasteiger partial charge is 0.462 e. The Bertz CT molecular complexity index is 1160. The van der Waals surface area contributed by atoms with Gasteiger partial charge in [0.25, 0.3) is 0 Å². The summed E-state index contributed by atoms with van der Waals surface area (Å²) < 4.78 is 17.4. The lowest BCUT2D eigenvalue weighted by Gasteiger charge is -2.18. The molecule has 1 atom stereocenters. The molecule has 0 aliphatic heterocycles. The molecular formula is C57H98O5. The van der Waals surface area contributed by atoms with E-state index in [1.807, 2.05) is 0 Å². The summed E-state index contributed by atoms with van der Waals surface area (Å²) in [4.78, 5) is 25.4. The zero-order valence-electron chi connectivity index (χ0n) is 40.9. The molecule has 356 valence electrons. The van der Waals surface area contributed by atoms with E-state index in [4.69, 9.17) is 14.2 Å². The van der Waals surface area contributed by atoms with Gasteiger partial charge in [-0.25, -0.2) is 0 Å². The van der Waals surface area contributed by atoms with Gasteiger partial charge in [0.15, 0.2) is 6.10 Å². The first-order chi connectivity index (χ1) is 30.6. The summed E-state index contributed by atoms with van der Waals surface area (Å²) in [6, 6.07) is 0. The number of esters is 2. The molecule has 0 rings (SSSR count). The molecule has 0 aliphatic rings. The van der Waals surface area contributed by atoms with Crippen LogP contribution in [0.15, 0.2) is 85.1 Å². The van der Waals surface area contributed by atoms with E-state index >= 15 is 0 Å². The van der Waals surface area contributed by atoms with Crippen LogP contribution in [0.2, 0.25) is 0 Å². The van der Waals surface area contributed by atoms with E-state index < -0.39 is 6.10 Å². The smallest absolute Gasteiger partial charge is 0.306 e. The first-order valence-corrected chi connectivity index (χ1v) is 26.1.